The maximum Gasteiger partial charge on any atom is 0.337 e. The SMILES string of the molecule is NNCOBc1ccc(C(=O)O)cn1. The molecule has 0 saturated carbocycles. The number of nitrogens with zero attached hydrogens (tertiary/aromatic N) is 1. The third-order valence-corrected chi connectivity index (χ3v) is 1.51. The molecule has 0 aliphatic heterocycles. The van der Waals surface area contributed by atoms with Gasteiger partial charge in [-0.25, -0.2) is 10.2 Å². The number of carboxylic acids is 1. The molecule has 6 nitrogen and oxygen atoms in total. The first-order valence-electron chi connectivity index (χ1n) is 3.93. The number of hydrazine groups is 1. The first kappa shape index (κ1) is 10.6. The highest BCUT2D eigenvalue weighted by atomic mass is 16.4. The van der Waals surface area contributed by atoms with Crippen LogP contribution in [0.2, 0.25) is 0 Å². The van der Waals surface area contributed by atoms with Crippen LogP contribution in [0.25, 0.3) is 0 Å². The summed E-state index contributed by atoms with van der Waals surface area (Å²) in [6.45, 7) is 0.225. The van der Waals surface area contributed by atoms with E-state index in [9.17, 15) is 4.79 Å². The minimum Gasteiger partial charge on any atom is -0.478 e. The molecule has 14 heavy (non-hydrogen) atoms. The molecule has 0 atom stereocenters. The molecule has 1 aromatic heterocycles. The zero-order chi connectivity index (χ0) is 10.4. The van der Waals surface area contributed by atoms with Crippen LogP contribution in [-0.4, -0.2) is 30.3 Å². The number of rotatable bonds is 5. The van der Waals surface area contributed by atoms with Gasteiger partial charge in [-0.2, -0.15) is 0 Å². The first-order valence-corrected chi connectivity index (χ1v) is 3.93. The number of pyridine rings is 1. The Balaban J connectivity index is 2.51. The summed E-state index contributed by atoms with van der Waals surface area (Å²) in [5.74, 6) is 3.99. The predicted octanol–water partition coefficient (Wildman–Crippen LogP) is -1.81. The predicted molar refractivity (Wildman–Crippen MR) is 51.3 cm³/mol. The third kappa shape index (κ3) is 3.13. The lowest BCUT2D eigenvalue weighted by Crippen LogP contribution is -2.30. The van der Waals surface area contributed by atoms with Crippen LogP contribution in [0.3, 0.4) is 0 Å². The maximum atomic E-state index is 10.5. The van der Waals surface area contributed by atoms with Crippen molar-refractivity contribution in [3.63, 3.8) is 0 Å². The van der Waals surface area contributed by atoms with Gasteiger partial charge in [0.15, 0.2) is 0 Å². The van der Waals surface area contributed by atoms with Gasteiger partial charge in [0.1, 0.15) is 0 Å². The molecule has 0 radical (unpaired) electrons. The summed E-state index contributed by atoms with van der Waals surface area (Å²) in [4.78, 5) is 14.4. The molecule has 0 unspecified atom stereocenters. The average molecular weight is 195 g/mol. The van der Waals surface area contributed by atoms with Crippen molar-refractivity contribution in [2.45, 2.75) is 0 Å². The number of hydrogen-bond acceptors (Lipinski definition) is 5. The molecular weight excluding hydrogens is 185 g/mol. The molecular formula is C7H10BN3O3. The highest BCUT2D eigenvalue weighted by molar-refractivity contribution is 6.45. The fraction of sp³-hybridized carbons (Fsp3) is 0.143. The second-order valence-electron chi connectivity index (χ2n) is 2.54. The second-order valence-corrected chi connectivity index (χ2v) is 2.54. The molecule has 0 aromatic carbocycles. The molecule has 0 aliphatic carbocycles. The number of aromatic carboxylic acids is 1. The Morgan fingerprint density at radius 1 is 1.71 bits per heavy atom. The lowest BCUT2D eigenvalue weighted by molar-refractivity contribution is 0.0696. The number of nitrogens with two attached hydrogens (primary N) is 1. The van der Waals surface area contributed by atoms with Crippen LogP contribution in [0, 0.1) is 0 Å². The van der Waals surface area contributed by atoms with E-state index in [1.54, 1.807) is 6.07 Å². The molecule has 0 aliphatic rings. The van der Waals surface area contributed by atoms with E-state index in [2.05, 4.69) is 10.4 Å². The summed E-state index contributed by atoms with van der Waals surface area (Å²) in [6.07, 6.45) is 1.29. The van der Waals surface area contributed by atoms with Gasteiger partial charge >= 0.3 is 13.5 Å². The van der Waals surface area contributed by atoms with E-state index < -0.39 is 5.97 Å². The van der Waals surface area contributed by atoms with Gasteiger partial charge in [-0.05, 0) is 12.1 Å². The Hall–Kier alpha value is -1.44. The average Bonchev–Trinajstić information content (AvgIpc) is 2.19. The third-order valence-electron chi connectivity index (χ3n) is 1.51. The van der Waals surface area contributed by atoms with Crippen LogP contribution in [-0.2, 0) is 4.65 Å². The molecule has 1 heterocycles. The van der Waals surface area contributed by atoms with Crippen molar-refractivity contribution in [3.8, 4) is 0 Å². The highest BCUT2D eigenvalue weighted by Gasteiger charge is 2.03. The summed E-state index contributed by atoms with van der Waals surface area (Å²) in [5.41, 5.74) is 3.14. The van der Waals surface area contributed by atoms with Crippen LogP contribution >= 0.6 is 0 Å². The molecule has 1 aromatic rings. The van der Waals surface area contributed by atoms with Gasteiger partial charge in [0.05, 0.1) is 12.3 Å². The minimum atomic E-state index is -0.992. The normalized spacial score (nSPS) is 9.79. The number of carboxylic acid groups (broad SMARTS) is 1. The Morgan fingerprint density at radius 2 is 2.50 bits per heavy atom. The van der Waals surface area contributed by atoms with Crippen LogP contribution in [0.1, 0.15) is 10.4 Å². The lowest BCUT2D eigenvalue weighted by atomic mass is 9.94. The van der Waals surface area contributed by atoms with Gasteiger partial charge in [0.25, 0.3) is 0 Å². The van der Waals surface area contributed by atoms with E-state index in [4.69, 9.17) is 15.6 Å². The smallest absolute Gasteiger partial charge is 0.337 e. The fourth-order valence-electron chi connectivity index (χ4n) is 0.851. The summed E-state index contributed by atoms with van der Waals surface area (Å²) in [6, 6.07) is 3.07. The summed E-state index contributed by atoms with van der Waals surface area (Å²) >= 11 is 0. The van der Waals surface area contributed by atoms with Crippen LogP contribution in [0.4, 0.5) is 0 Å². The quantitative estimate of drug-likeness (QED) is 0.168. The van der Waals surface area contributed by atoms with E-state index in [-0.39, 0.29) is 12.3 Å². The second kappa shape index (κ2) is 5.33. The molecule has 0 spiro atoms. The van der Waals surface area contributed by atoms with E-state index in [0.29, 0.717) is 13.1 Å². The maximum absolute atomic E-state index is 10.5. The van der Waals surface area contributed by atoms with Gasteiger partial charge in [-0.15, -0.1) is 0 Å². The molecule has 7 heteroatoms. The van der Waals surface area contributed by atoms with Crippen molar-refractivity contribution >= 4 is 19.0 Å². The molecule has 0 bridgehead atoms. The van der Waals surface area contributed by atoms with Gasteiger partial charge in [0.2, 0.25) is 0 Å². The topological polar surface area (TPSA) is 97.5 Å². The van der Waals surface area contributed by atoms with Crippen molar-refractivity contribution in [2.24, 2.45) is 5.84 Å². The molecule has 4 N–H and O–H groups in total. The summed E-state index contributed by atoms with van der Waals surface area (Å²) in [5, 5.41) is 8.59. The summed E-state index contributed by atoms with van der Waals surface area (Å²) < 4.78 is 5.02. The largest absolute Gasteiger partial charge is 0.478 e. The number of carbonyl (C=O) groups is 1. The summed E-state index contributed by atoms with van der Waals surface area (Å²) in [7, 11) is 0.296. The monoisotopic (exact) mass is 195 g/mol. The van der Waals surface area contributed by atoms with Crippen LogP contribution < -0.4 is 16.9 Å². The van der Waals surface area contributed by atoms with Gasteiger partial charge < -0.3 is 9.76 Å². The van der Waals surface area contributed by atoms with E-state index in [1.807, 2.05) is 0 Å². The first-order chi connectivity index (χ1) is 6.74. The highest BCUT2D eigenvalue weighted by Crippen LogP contribution is 1.92. The number of hydrogen-bond donors (Lipinski definition) is 3. The van der Waals surface area contributed by atoms with Crippen molar-refractivity contribution in [2.75, 3.05) is 6.73 Å². The molecule has 74 valence electrons. The Bertz CT molecular complexity index is 304. The van der Waals surface area contributed by atoms with E-state index in [1.165, 1.54) is 12.3 Å². The lowest BCUT2D eigenvalue weighted by Gasteiger charge is -2.01. The number of aromatic nitrogens is 1. The van der Waals surface area contributed by atoms with E-state index in [0.717, 1.165) is 0 Å². The molecule has 0 fully saturated rings. The minimum absolute atomic E-state index is 0.158. The zero-order valence-electron chi connectivity index (χ0n) is 7.43. The molecule has 0 saturated heterocycles. The van der Waals surface area contributed by atoms with Gasteiger partial charge in [0, 0.05) is 11.8 Å². The fourth-order valence-corrected chi connectivity index (χ4v) is 0.851. The molecule has 0 amide bonds. The van der Waals surface area contributed by atoms with Crippen LogP contribution in [0.15, 0.2) is 18.3 Å². The van der Waals surface area contributed by atoms with E-state index >= 15 is 0 Å². The van der Waals surface area contributed by atoms with Gasteiger partial charge in [-0.1, -0.05) is 0 Å². The molecule has 1 rings (SSSR count). The van der Waals surface area contributed by atoms with Gasteiger partial charge in [-0.3, -0.25) is 10.8 Å². The standard InChI is InChI=1S/C7H10BN3O3/c9-11-4-14-8-6-2-1-5(3-10-6)7(12)13/h1-3,8,11H,4,9H2,(H,12,13). The van der Waals surface area contributed by atoms with Crippen molar-refractivity contribution in [1.82, 2.24) is 10.4 Å². The zero-order valence-corrected chi connectivity index (χ0v) is 7.43. The Morgan fingerprint density at radius 3 is 3.00 bits per heavy atom. The van der Waals surface area contributed by atoms with Crippen molar-refractivity contribution < 1.29 is 14.6 Å². The Kier molecular flexibility index (Phi) is 4.05. The number of nitrogens with one attached hydrogen (secondary N) is 1. The van der Waals surface area contributed by atoms with Crippen molar-refractivity contribution in [1.29, 1.82) is 0 Å². The van der Waals surface area contributed by atoms with Crippen LogP contribution in [0.5, 0.6) is 0 Å². The Labute approximate surface area is 81.3 Å². The van der Waals surface area contributed by atoms with Crippen molar-refractivity contribution in [3.05, 3.63) is 23.9 Å².